The zero-order valence-electron chi connectivity index (χ0n) is 7.85. The molecule has 0 aromatic rings. The SMILES string of the molecule is C=C(CC)COC(=O)C(=C)CC. The van der Waals surface area contributed by atoms with E-state index in [0.717, 1.165) is 12.0 Å². The summed E-state index contributed by atoms with van der Waals surface area (Å²) in [6.07, 6.45) is 1.48. The molecule has 0 aliphatic heterocycles. The monoisotopic (exact) mass is 168 g/mol. The molecule has 0 spiro atoms. The largest absolute Gasteiger partial charge is 0.458 e. The van der Waals surface area contributed by atoms with Crippen molar-refractivity contribution in [2.24, 2.45) is 0 Å². The summed E-state index contributed by atoms with van der Waals surface area (Å²) in [4.78, 5) is 11.0. The number of carbonyl (C=O) groups excluding carboxylic acids is 1. The maximum absolute atomic E-state index is 11.0. The third-order valence-electron chi connectivity index (χ3n) is 1.62. The quantitative estimate of drug-likeness (QED) is 0.358. The molecule has 0 rings (SSSR count). The lowest BCUT2D eigenvalue weighted by Gasteiger charge is -2.05. The Balaban J connectivity index is 3.72. The zero-order chi connectivity index (χ0) is 9.56. The highest BCUT2D eigenvalue weighted by atomic mass is 16.5. The van der Waals surface area contributed by atoms with E-state index in [4.69, 9.17) is 4.74 Å². The minimum Gasteiger partial charge on any atom is -0.458 e. The van der Waals surface area contributed by atoms with Crippen LogP contribution in [-0.2, 0) is 9.53 Å². The number of hydrogen-bond donors (Lipinski definition) is 0. The zero-order valence-corrected chi connectivity index (χ0v) is 7.85. The fraction of sp³-hybridized carbons (Fsp3) is 0.500. The molecule has 2 nitrogen and oxygen atoms in total. The normalized spacial score (nSPS) is 9.17. The van der Waals surface area contributed by atoms with Crippen molar-refractivity contribution >= 4 is 5.97 Å². The van der Waals surface area contributed by atoms with Crippen LogP contribution in [0.15, 0.2) is 24.3 Å². The lowest BCUT2D eigenvalue weighted by molar-refractivity contribution is -0.138. The molecule has 0 saturated carbocycles. The standard InChI is InChI=1S/C10H16O2/c1-5-8(3)7-12-10(11)9(4)6-2/h3-7H2,1-2H3. The Bertz CT molecular complexity index is 192. The predicted molar refractivity (Wildman–Crippen MR) is 49.8 cm³/mol. The Kier molecular flexibility index (Phi) is 5.09. The second kappa shape index (κ2) is 5.58. The summed E-state index contributed by atoms with van der Waals surface area (Å²) in [6.45, 7) is 11.5. The van der Waals surface area contributed by atoms with Crippen LogP contribution >= 0.6 is 0 Å². The van der Waals surface area contributed by atoms with Crippen LogP contribution in [0.25, 0.3) is 0 Å². The molecule has 12 heavy (non-hydrogen) atoms. The third-order valence-corrected chi connectivity index (χ3v) is 1.62. The summed E-state index contributed by atoms with van der Waals surface area (Å²) in [7, 11) is 0. The van der Waals surface area contributed by atoms with Gasteiger partial charge in [0.2, 0.25) is 0 Å². The predicted octanol–water partition coefficient (Wildman–Crippen LogP) is 2.46. The first-order valence-corrected chi connectivity index (χ1v) is 4.13. The van der Waals surface area contributed by atoms with Gasteiger partial charge in [0.25, 0.3) is 0 Å². The molecule has 0 fully saturated rings. The molecule has 0 bridgehead atoms. The second-order valence-corrected chi connectivity index (χ2v) is 2.64. The van der Waals surface area contributed by atoms with Gasteiger partial charge in [-0.3, -0.25) is 0 Å². The summed E-state index contributed by atoms with van der Waals surface area (Å²) in [6, 6.07) is 0. The van der Waals surface area contributed by atoms with E-state index in [1.807, 2.05) is 13.8 Å². The average Bonchev–Trinajstić information content (AvgIpc) is 2.11. The van der Waals surface area contributed by atoms with Crippen molar-refractivity contribution in [2.45, 2.75) is 26.7 Å². The number of esters is 1. The fourth-order valence-electron chi connectivity index (χ4n) is 0.516. The maximum atomic E-state index is 11.0. The minimum atomic E-state index is -0.313. The lowest BCUT2D eigenvalue weighted by Crippen LogP contribution is -2.08. The van der Waals surface area contributed by atoms with Gasteiger partial charge in [-0.2, -0.15) is 0 Å². The van der Waals surface area contributed by atoms with Gasteiger partial charge in [0.15, 0.2) is 0 Å². The van der Waals surface area contributed by atoms with E-state index in [1.54, 1.807) is 0 Å². The van der Waals surface area contributed by atoms with Crippen molar-refractivity contribution in [1.82, 2.24) is 0 Å². The van der Waals surface area contributed by atoms with Gasteiger partial charge in [-0.05, 0) is 18.4 Å². The summed E-state index contributed by atoms with van der Waals surface area (Å²) in [5.41, 5.74) is 1.44. The molecule has 0 saturated heterocycles. The van der Waals surface area contributed by atoms with Crippen LogP contribution in [0.5, 0.6) is 0 Å². The molecular formula is C10H16O2. The summed E-state index contributed by atoms with van der Waals surface area (Å²) in [5.74, 6) is -0.313. The highest BCUT2D eigenvalue weighted by Crippen LogP contribution is 2.03. The van der Waals surface area contributed by atoms with E-state index in [-0.39, 0.29) is 5.97 Å². The van der Waals surface area contributed by atoms with E-state index in [2.05, 4.69) is 13.2 Å². The van der Waals surface area contributed by atoms with Gasteiger partial charge < -0.3 is 4.74 Å². The smallest absolute Gasteiger partial charge is 0.333 e. The van der Waals surface area contributed by atoms with Crippen LogP contribution < -0.4 is 0 Å². The molecule has 0 aromatic carbocycles. The molecule has 0 radical (unpaired) electrons. The molecule has 0 N–H and O–H groups in total. The van der Waals surface area contributed by atoms with Crippen molar-refractivity contribution in [3.63, 3.8) is 0 Å². The minimum absolute atomic E-state index is 0.313. The van der Waals surface area contributed by atoms with Crippen LogP contribution in [0.4, 0.5) is 0 Å². The fourth-order valence-corrected chi connectivity index (χ4v) is 0.516. The molecule has 0 aliphatic carbocycles. The summed E-state index contributed by atoms with van der Waals surface area (Å²) < 4.78 is 4.91. The molecule has 0 heterocycles. The average molecular weight is 168 g/mol. The van der Waals surface area contributed by atoms with Crippen LogP contribution in [0.2, 0.25) is 0 Å². The summed E-state index contributed by atoms with van der Waals surface area (Å²) >= 11 is 0. The first kappa shape index (κ1) is 11.0. The Morgan fingerprint density at radius 2 is 1.83 bits per heavy atom. The summed E-state index contributed by atoms with van der Waals surface area (Å²) in [5, 5.41) is 0. The van der Waals surface area contributed by atoms with Crippen LogP contribution in [0, 0.1) is 0 Å². The highest BCUT2D eigenvalue weighted by molar-refractivity contribution is 5.87. The molecule has 0 aliphatic rings. The molecule has 68 valence electrons. The Morgan fingerprint density at radius 1 is 1.25 bits per heavy atom. The second-order valence-electron chi connectivity index (χ2n) is 2.64. The van der Waals surface area contributed by atoms with Crippen molar-refractivity contribution in [2.75, 3.05) is 6.61 Å². The number of rotatable bonds is 5. The molecule has 2 heteroatoms. The van der Waals surface area contributed by atoms with Crippen LogP contribution in [-0.4, -0.2) is 12.6 Å². The number of carbonyl (C=O) groups is 1. The molecule has 0 aromatic heterocycles. The van der Waals surface area contributed by atoms with Crippen molar-refractivity contribution < 1.29 is 9.53 Å². The molecular weight excluding hydrogens is 152 g/mol. The van der Waals surface area contributed by atoms with E-state index < -0.39 is 0 Å². The van der Waals surface area contributed by atoms with E-state index in [9.17, 15) is 4.79 Å². The Labute approximate surface area is 73.9 Å². The van der Waals surface area contributed by atoms with Gasteiger partial charge in [-0.1, -0.05) is 27.0 Å². The molecule has 0 amide bonds. The van der Waals surface area contributed by atoms with Gasteiger partial charge in [0.05, 0.1) is 0 Å². The van der Waals surface area contributed by atoms with Crippen molar-refractivity contribution in [3.05, 3.63) is 24.3 Å². The molecule has 0 atom stereocenters. The Morgan fingerprint density at radius 3 is 2.25 bits per heavy atom. The highest BCUT2D eigenvalue weighted by Gasteiger charge is 2.05. The van der Waals surface area contributed by atoms with Gasteiger partial charge in [0.1, 0.15) is 6.61 Å². The van der Waals surface area contributed by atoms with Crippen molar-refractivity contribution in [3.8, 4) is 0 Å². The van der Waals surface area contributed by atoms with Gasteiger partial charge in [-0.15, -0.1) is 0 Å². The number of hydrogen-bond acceptors (Lipinski definition) is 2. The third kappa shape index (κ3) is 3.96. The topological polar surface area (TPSA) is 26.3 Å². The van der Waals surface area contributed by atoms with E-state index in [0.29, 0.717) is 18.6 Å². The first-order valence-electron chi connectivity index (χ1n) is 4.13. The van der Waals surface area contributed by atoms with Gasteiger partial charge >= 0.3 is 5.97 Å². The van der Waals surface area contributed by atoms with Crippen LogP contribution in [0.1, 0.15) is 26.7 Å². The van der Waals surface area contributed by atoms with E-state index in [1.165, 1.54) is 0 Å². The first-order chi connectivity index (χ1) is 5.61. The Hall–Kier alpha value is -1.05. The molecule has 0 unspecified atom stereocenters. The maximum Gasteiger partial charge on any atom is 0.333 e. The van der Waals surface area contributed by atoms with Gasteiger partial charge in [0, 0.05) is 5.57 Å². The van der Waals surface area contributed by atoms with Crippen molar-refractivity contribution in [1.29, 1.82) is 0 Å². The number of ether oxygens (including phenoxy) is 1. The van der Waals surface area contributed by atoms with Crippen LogP contribution in [0.3, 0.4) is 0 Å². The lowest BCUT2D eigenvalue weighted by atomic mass is 10.2. The van der Waals surface area contributed by atoms with E-state index >= 15 is 0 Å². The van der Waals surface area contributed by atoms with Gasteiger partial charge in [-0.25, -0.2) is 4.79 Å².